The van der Waals surface area contributed by atoms with Gasteiger partial charge in [0.05, 0.1) is 29.2 Å². The molecule has 1 aromatic heterocycles. The number of ether oxygens (including phenoxy) is 1. The number of urea groups is 1. The van der Waals surface area contributed by atoms with Gasteiger partial charge in [-0.25, -0.2) is 9.78 Å². The van der Waals surface area contributed by atoms with Crippen LogP contribution in [-0.2, 0) is 0 Å². The fourth-order valence-corrected chi connectivity index (χ4v) is 2.65. The molecule has 3 rings (SSSR count). The van der Waals surface area contributed by atoms with Crippen molar-refractivity contribution in [1.29, 1.82) is 0 Å². The smallest absolute Gasteiger partial charge is 0.325 e. The van der Waals surface area contributed by atoms with E-state index in [4.69, 9.17) is 22.1 Å². The lowest BCUT2D eigenvalue weighted by molar-refractivity contribution is 0.261. The van der Waals surface area contributed by atoms with Crippen LogP contribution in [0.3, 0.4) is 0 Å². The molecule has 2 aromatic rings. The molecule has 0 radical (unpaired) electrons. The number of rotatable bonds is 6. The van der Waals surface area contributed by atoms with E-state index in [1.165, 1.54) is 6.20 Å². The first kappa shape index (κ1) is 18.2. The molecule has 1 heterocycles. The maximum atomic E-state index is 12.3. The van der Waals surface area contributed by atoms with Crippen LogP contribution >= 0.6 is 11.6 Å². The summed E-state index contributed by atoms with van der Waals surface area (Å²) in [6, 6.07) is 4.58. The highest BCUT2D eigenvalue weighted by Gasteiger charge is 2.10. The lowest BCUT2D eigenvalue weighted by Crippen LogP contribution is -2.34. The SMILES string of the molecule is NCCCOc1ccc(Cl)cc1NC(=O)Nc1cnc2c(n1)=CCCC=2. The Labute approximate surface area is 155 Å². The number of benzene rings is 1. The van der Waals surface area contributed by atoms with E-state index in [9.17, 15) is 4.79 Å². The average Bonchev–Trinajstić information content (AvgIpc) is 2.63. The maximum Gasteiger partial charge on any atom is 0.325 e. The third-order valence-corrected chi connectivity index (χ3v) is 3.94. The zero-order chi connectivity index (χ0) is 18.4. The van der Waals surface area contributed by atoms with Crippen LogP contribution < -0.4 is 31.8 Å². The first-order valence-electron chi connectivity index (χ1n) is 8.39. The van der Waals surface area contributed by atoms with Gasteiger partial charge >= 0.3 is 6.03 Å². The second kappa shape index (κ2) is 8.64. The zero-order valence-corrected chi connectivity index (χ0v) is 14.9. The van der Waals surface area contributed by atoms with Crippen molar-refractivity contribution in [3.05, 3.63) is 40.1 Å². The molecule has 0 saturated heterocycles. The molecule has 0 spiro atoms. The number of aromatic nitrogens is 2. The summed E-state index contributed by atoms with van der Waals surface area (Å²) in [4.78, 5) is 21.0. The molecule has 1 aliphatic rings. The number of nitrogens with zero attached hydrogens (tertiary/aromatic N) is 2. The van der Waals surface area contributed by atoms with Crippen molar-refractivity contribution in [2.24, 2.45) is 5.73 Å². The molecule has 0 unspecified atom stereocenters. The molecular weight excluding hydrogens is 354 g/mol. The highest BCUT2D eigenvalue weighted by molar-refractivity contribution is 6.31. The van der Waals surface area contributed by atoms with E-state index in [-0.39, 0.29) is 0 Å². The number of fused-ring (bicyclic) bond motifs is 1. The molecule has 8 heteroatoms. The Balaban J connectivity index is 1.71. The van der Waals surface area contributed by atoms with E-state index >= 15 is 0 Å². The molecule has 2 amide bonds. The van der Waals surface area contributed by atoms with Crippen LogP contribution in [0.4, 0.5) is 16.3 Å². The number of nitrogens with two attached hydrogens (primary N) is 1. The van der Waals surface area contributed by atoms with Gasteiger partial charge in [-0.2, -0.15) is 0 Å². The molecule has 26 heavy (non-hydrogen) atoms. The van der Waals surface area contributed by atoms with Crippen molar-refractivity contribution in [2.75, 3.05) is 23.8 Å². The first-order valence-corrected chi connectivity index (χ1v) is 8.77. The molecule has 0 atom stereocenters. The fraction of sp³-hybridized carbons (Fsp3) is 0.278. The van der Waals surface area contributed by atoms with E-state index < -0.39 is 6.03 Å². The van der Waals surface area contributed by atoms with Gasteiger partial charge in [-0.3, -0.25) is 10.3 Å². The van der Waals surface area contributed by atoms with Crippen LogP contribution in [0, 0.1) is 0 Å². The number of amides is 2. The molecule has 4 N–H and O–H groups in total. The summed E-state index contributed by atoms with van der Waals surface area (Å²) >= 11 is 6.02. The molecule has 0 aliphatic heterocycles. The lowest BCUT2D eigenvalue weighted by atomic mass is 10.2. The zero-order valence-electron chi connectivity index (χ0n) is 14.2. The third-order valence-electron chi connectivity index (χ3n) is 3.71. The Kier molecular flexibility index (Phi) is 6.04. The van der Waals surface area contributed by atoms with Crippen molar-refractivity contribution in [2.45, 2.75) is 19.3 Å². The highest BCUT2D eigenvalue weighted by atomic mass is 35.5. The van der Waals surface area contributed by atoms with Gasteiger partial charge in [-0.1, -0.05) is 23.8 Å². The summed E-state index contributed by atoms with van der Waals surface area (Å²) < 4.78 is 5.64. The number of hydrogen-bond acceptors (Lipinski definition) is 5. The quantitative estimate of drug-likeness (QED) is 0.671. The molecule has 136 valence electrons. The van der Waals surface area contributed by atoms with Crippen molar-refractivity contribution in [1.82, 2.24) is 9.97 Å². The molecule has 1 aromatic carbocycles. The highest BCUT2D eigenvalue weighted by Crippen LogP contribution is 2.28. The lowest BCUT2D eigenvalue weighted by Gasteiger charge is -2.13. The summed E-state index contributed by atoms with van der Waals surface area (Å²) in [6.07, 6.45) is 8.16. The van der Waals surface area contributed by atoms with E-state index in [2.05, 4.69) is 20.6 Å². The number of hydrogen-bond donors (Lipinski definition) is 3. The predicted molar refractivity (Wildman–Crippen MR) is 103 cm³/mol. The maximum absolute atomic E-state index is 12.3. The van der Waals surface area contributed by atoms with Crippen LogP contribution in [0.15, 0.2) is 24.4 Å². The number of carbonyl (C=O) groups is 1. The second-order valence-electron chi connectivity index (χ2n) is 5.72. The monoisotopic (exact) mass is 373 g/mol. The number of carbonyl (C=O) groups excluding carboxylic acids is 1. The van der Waals surface area contributed by atoms with E-state index in [0.717, 1.165) is 23.5 Å². The summed E-state index contributed by atoms with van der Waals surface area (Å²) in [7, 11) is 0. The average molecular weight is 374 g/mol. The van der Waals surface area contributed by atoms with Crippen LogP contribution in [-0.4, -0.2) is 29.2 Å². The number of nitrogens with one attached hydrogen (secondary N) is 2. The molecule has 0 bridgehead atoms. The fourth-order valence-electron chi connectivity index (χ4n) is 2.48. The minimum absolute atomic E-state index is 0.375. The minimum Gasteiger partial charge on any atom is -0.491 e. The second-order valence-corrected chi connectivity index (χ2v) is 6.16. The van der Waals surface area contributed by atoms with Gasteiger partial charge in [0.2, 0.25) is 0 Å². The van der Waals surface area contributed by atoms with Crippen molar-refractivity contribution in [3.63, 3.8) is 0 Å². The Bertz CT molecular complexity index is 916. The predicted octanol–water partition coefficient (Wildman–Crippen LogP) is 1.86. The van der Waals surface area contributed by atoms with E-state index in [0.29, 0.717) is 41.8 Å². The molecule has 1 aliphatic carbocycles. The number of anilines is 2. The standard InChI is InChI=1S/C18H20ClN5O2/c19-12-6-7-16(26-9-3-8-20)15(10-12)23-18(25)24-17-11-21-13-4-1-2-5-14(13)22-17/h4-7,10-11H,1-3,8-9,20H2,(H2,22,23,24,25). The summed E-state index contributed by atoms with van der Waals surface area (Å²) in [5, 5.41) is 7.52. The van der Waals surface area contributed by atoms with Gasteiger partial charge in [0, 0.05) is 5.02 Å². The van der Waals surface area contributed by atoms with Crippen molar-refractivity contribution in [3.8, 4) is 5.75 Å². The summed E-state index contributed by atoms with van der Waals surface area (Å²) in [5.41, 5.74) is 5.94. The van der Waals surface area contributed by atoms with Crippen molar-refractivity contribution < 1.29 is 9.53 Å². The minimum atomic E-state index is -0.454. The summed E-state index contributed by atoms with van der Waals surface area (Å²) in [5.74, 6) is 0.901. The van der Waals surface area contributed by atoms with Crippen LogP contribution in [0.25, 0.3) is 12.2 Å². The van der Waals surface area contributed by atoms with Gasteiger partial charge in [-0.15, -0.1) is 0 Å². The molecule has 0 saturated carbocycles. The Morgan fingerprint density at radius 2 is 2.04 bits per heavy atom. The Morgan fingerprint density at radius 1 is 1.23 bits per heavy atom. The van der Waals surface area contributed by atoms with Crippen LogP contribution in [0.2, 0.25) is 5.02 Å². The molecule has 0 fully saturated rings. The van der Waals surface area contributed by atoms with Gasteiger partial charge < -0.3 is 15.8 Å². The normalized spacial score (nSPS) is 12.4. The molecule has 7 nitrogen and oxygen atoms in total. The first-order chi connectivity index (χ1) is 12.7. The Hall–Kier alpha value is -2.64. The van der Waals surface area contributed by atoms with Crippen molar-refractivity contribution >= 4 is 41.3 Å². The van der Waals surface area contributed by atoms with Gasteiger partial charge in [-0.05, 0) is 44.0 Å². The Morgan fingerprint density at radius 3 is 2.85 bits per heavy atom. The van der Waals surface area contributed by atoms with E-state index in [1.54, 1.807) is 18.2 Å². The molecular formula is C18H20ClN5O2. The van der Waals surface area contributed by atoms with Gasteiger partial charge in [0.25, 0.3) is 0 Å². The third kappa shape index (κ3) is 4.71. The van der Waals surface area contributed by atoms with E-state index in [1.807, 2.05) is 12.2 Å². The number of halogens is 1. The van der Waals surface area contributed by atoms with Crippen LogP contribution in [0.5, 0.6) is 5.75 Å². The van der Waals surface area contributed by atoms with Crippen LogP contribution in [0.1, 0.15) is 19.3 Å². The van der Waals surface area contributed by atoms with Gasteiger partial charge in [0.15, 0.2) is 5.82 Å². The van der Waals surface area contributed by atoms with Gasteiger partial charge in [0.1, 0.15) is 5.75 Å². The largest absolute Gasteiger partial charge is 0.491 e. The topological polar surface area (TPSA) is 102 Å². The summed E-state index contributed by atoms with van der Waals surface area (Å²) in [6.45, 7) is 0.985.